The molecule has 1 aromatic carbocycles. The molecule has 0 fully saturated rings. The fraction of sp³-hybridized carbons (Fsp3) is 0.471. The van der Waals surface area contributed by atoms with Gasteiger partial charge in [-0.1, -0.05) is 0 Å². The largest absolute Gasteiger partial charge is 0.396 e. The maximum Gasteiger partial charge on any atom is 0.396 e. The summed E-state index contributed by atoms with van der Waals surface area (Å²) in [5.41, 5.74) is 5.98. The van der Waals surface area contributed by atoms with Gasteiger partial charge >= 0.3 is 6.18 Å². The lowest BCUT2D eigenvalue weighted by molar-refractivity contribution is -0.134. The predicted octanol–water partition coefficient (Wildman–Crippen LogP) is 2.39. The molecule has 1 aromatic heterocycles. The number of halogens is 6. The summed E-state index contributed by atoms with van der Waals surface area (Å²) in [5, 5.41) is 7.30. The first-order valence-corrected chi connectivity index (χ1v) is 8.57. The lowest BCUT2D eigenvalue weighted by Crippen LogP contribution is -2.41. The first kappa shape index (κ1) is 23.0. The minimum atomic E-state index is -4.39. The van der Waals surface area contributed by atoms with Crippen LogP contribution in [0.15, 0.2) is 18.2 Å². The highest BCUT2D eigenvalue weighted by Gasteiger charge is 2.33. The number of carbonyl (C=O) groups is 1. The van der Waals surface area contributed by atoms with Crippen LogP contribution in [0, 0.1) is 11.6 Å². The van der Waals surface area contributed by atoms with Gasteiger partial charge in [-0.2, -0.15) is 13.2 Å². The Kier molecular flexibility index (Phi) is 7.17. The maximum atomic E-state index is 13.7. The van der Waals surface area contributed by atoms with Gasteiger partial charge in [0, 0.05) is 25.6 Å². The molecule has 0 saturated carbocycles. The molecule has 2 aromatic rings. The van der Waals surface area contributed by atoms with Gasteiger partial charge in [0.05, 0.1) is 6.54 Å². The Labute approximate surface area is 169 Å². The number of hydrogen-bond acceptors (Lipinski definition) is 4. The normalized spacial score (nSPS) is 14.9. The van der Waals surface area contributed by atoms with Crippen molar-refractivity contribution in [3.05, 3.63) is 47.0 Å². The molecule has 29 heavy (non-hydrogen) atoms. The molecule has 1 atom stereocenters. The Morgan fingerprint density at radius 2 is 1.93 bits per heavy atom. The summed E-state index contributed by atoms with van der Waals surface area (Å²) in [6.07, 6.45) is -5.71. The molecule has 2 heterocycles. The lowest BCUT2D eigenvalue weighted by atomic mass is 10.0. The maximum absolute atomic E-state index is 13.7. The summed E-state index contributed by atoms with van der Waals surface area (Å²) in [5.74, 6) is -1.46. The Hall–Kier alpha value is -2.27. The number of alkyl halides is 3. The third-order valence-corrected chi connectivity index (χ3v) is 4.47. The van der Waals surface area contributed by atoms with Gasteiger partial charge in [0.1, 0.15) is 23.9 Å². The van der Waals surface area contributed by atoms with Gasteiger partial charge in [0.2, 0.25) is 5.91 Å². The van der Waals surface area contributed by atoms with Gasteiger partial charge < -0.3 is 15.2 Å². The van der Waals surface area contributed by atoms with Crippen LogP contribution in [0.1, 0.15) is 23.6 Å². The number of hydrogen-bond donors (Lipinski definition) is 1. The molecular formula is C17H19ClF5N5O. The van der Waals surface area contributed by atoms with E-state index >= 15 is 0 Å². The molecule has 1 aliphatic rings. The second kappa shape index (κ2) is 9.04. The number of carbonyl (C=O) groups excluding carboxylic acids is 1. The number of fused-ring (bicyclic) bond motifs is 1. The van der Waals surface area contributed by atoms with Crippen LogP contribution in [0.5, 0.6) is 0 Å². The van der Waals surface area contributed by atoms with E-state index in [9.17, 15) is 26.7 Å². The van der Waals surface area contributed by atoms with Crippen LogP contribution in [0.3, 0.4) is 0 Å². The smallest absolute Gasteiger partial charge is 0.333 e. The van der Waals surface area contributed by atoms with E-state index in [1.807, 2.05) is 0 Å². The van der Waals surface area contributed by atoms with Crippen molar-refractivity contribution in [3.63, 3.8) is 0 Å². The van der Waals surface area contributed by atoms with E-state index < -0.39 is 30.3 Å². The zero-order valence-corrected chi connectivity index (χ0v) is 15.9. The van der Waals surface area contributed by atoms with Crippen molar-refractivity contribution in [1.29, 1.82) is 0 Å². The minimum Gasteiger partial charge on any atom is -0.333 e. The first-order chi connectivity index (χ1) is 13.1. The van der Waals surface area contributed by atoms with E-state index in [4.69, 9.17) is 5.73 Å². The van der Waals surface area contributed by atoms with Crippen molar-refractivity contribution in [2.75, 3.05) is 6.54 Å². The van der Waals surface area contributed by atoms with Crippen LogP contribution >= 0.6 is 12.4 Å². The number of nitrogens with zero attached hydrogens (tertiary/aromatic N) is 4. The van der Waals surface area contributed by atoms with Gasteiger partial charge in [-0.25, -0.2) is 8.78 Å². The summed E-state index contributed by atoms with van der Waals surface area (Å²) >= 11 is 0. The molecular weight excluding hydrogens is 421 g/mol. The standard InChI is InChI=1S/C17H18F5N5O.ClH/c18-11-1-2-13(19)10(5-11)6-12(23)7-16(28)26-3-4-27-14(8-17(20,21)22)24-25-15(27)9-26;/h1-2,5,12H,3-4,6-9,23H2;1H/t12-;/m1./s1. The van der Waals surface area contributed by atoms with Crippen molar-refractivity contribution in [1.82, 2.24) is 19.7 Å². The SMILES string of the molecule is Cl.N[C@@H](CC(=O)N1CCn2c(nnc2CC(F)(F)F)C1)Cc1cc(F)ccc1F. The quantitative estimate of drug-likeness (QED) is 0.726. The number of benzene rings is 1. The van der Waals surface area contributed by atoms with Crippen LogP contribution in [-0.2, 0) is 30.7 Å². The Morgan fingerprint density at radius 3 is 2.62 bits per heavy atom. The van der Waals surface area contributed by atoms with Crippen molar-refractivity contribution in [2.24, 2.45) is 5.73 Å². The fourth-order valence-electron chi connectivity index (χ4n) is 3.15. The molecule has 6 nitrogen and oxygen atoms in total. The summed E-state index contributed by atoms with van der Waals surface area (Å²) in [6.45, 7) is 0.355. The van der Waals surface area contributed by atoms with Gasteiger partial charge in [-0.15, -0.1) is 22.6 Å². The van der Waals surface area contributed by atoms with E-state index in [2.05, 4.69) is 10.2 Å². The molecule has 1 aliphatic heterocycles. The van der Waals surface area contributed by atoms with E-state index in [-0.39, 0.29) is 68.0 Å². The van der Waals surface area contributed by atoms with E-state index in [1.54, 1.807) is 0 Å². The second-order valence-corrected chi connectivity index (χ2v) is 6.70. The molecule has 2 N–H and O–H groups in total. The number of amides is 1. The molecule has 0 unspecified atom stereocenters. The molecule has 12 heteroatoms. The van der Waals surface area contributed by atoms with Crippen molar-refractivity contribution >= 4 is 18.3 Å². The fourth-order valence-corrected chi connectivity index (χ4v) is 3.15. The average Bonchev–Trinajstić information content (AvgIpc) is 2.98. The van der Waals surface area contributed by atoms with Crippen LogP contribution in [-0.4, -0.2) is 44.3 Å². The lowest BCUT2D eigenvalue weighted by Gasteiger charge is -2.29. The van der Waals surface area contributed by atoms with Crippen molar-refractivity contribution in [3.8, 4) is 0 Å². The monoisotopic (exact) mass is 439 g/mol. The molecule has 1 amide bonds. The van der Waals surface area contributed by atoms with E-state index in [0.29, 0.717) is 0 Å². The molecule has 0 aliphatic carbocycles. The number of aromatic nitrogens is 3. The highest BCUT2D eigenvalue weighted by Crippen LogP contribution is 2.22. The van der Waals surface area contributed by atoms with Gasteiger partial charge in [0.15, 0.2) is 5.82 Å². The Bertz CT molecular complexity index is 872. The molecule has 0 bridgehead atoms. The Balaban J connectivity index is 0.00000300. The minimum absolute atomic E-state index is 0. The molecule has 0 radical (unpaired) electrons. The zero-order chi connectivity index (χ0) is 20.5. The average molecular weight is 440 g/mol. The van der Waals surface area contributed by atoms with Crippen LogP contribution in [0.4, 0.5) is 22.0 Å². The predicted molar refractivity (Wildman–Crippen MR) is 95.1 cm³/mol. The molecule has 0 spiro atoms. The molecule has 0 saturated heterocycles. The first-order valence-electron chi connectivity index (χ1n) is 8.57. The highest BCUT2D eigenvalue weighted by molar-refractivity contribution is 5.85. The summed E-state index contributed by atoms with van der Waals surface area (Å²) in [4.78, 5) is 13.9. The Morgan fingerprint density at radius 1 is 1.21 bits per heavy atom. The van der Waals surface area contributed by atoms with Crippen LogP contribution in [0.2, 0.25) is 0 Å². The van der Waals surface area contributed by atoms with Gasteiger partial charge in [-0.05, 0) is 30.2 Å². The van der Waals surface area contributed by atoms with Gasteiger partial charge in [-0.3, -0.25) is 4.79 Å². The highest BCUT2D eigenvalue weighted by atomic mass is 35.5. The van der Waals surface area contributed by atoms with E-state index in [0.717, 1.165) is 18.2 Å². The number of nitrogens with two attached hydrogens (primary N) is 1. The molecule has 3 rings (SSSR count). The molecule has 160 valence electrons. The number of rotatable bonds is 5. The third-order valence-electron chi connectivity index (χ3n) is 4.47. The zero-order valence-electron chi connectivity index (χ0n) is 15.1. The van der Waals surface area contributed by atoms with Crippen molar-refractivity contribution in [2.45, 2.75) is 44.6 Å². The van der Waals surface area contributed by atoms with Crippen molar-refractivity contribution < 1.29 is 26.7 Å². The third kappa shape index (κ3) is 5.86. The summed E-state index contributed by atoms with van der Waals surface area (Å²) < 4.78 is 66.0. The topological polar surface area (TPSA) is 77.0 Å². The summed E-state index contributed by atoms with van der Waals surface area (Å²) in [6, 6.07) is 2.29. The second-order valence-electron chi connectivity index (χ2n) is 6.70. The van der Waals surface area contributed by atoms with E-state index in [1.165, 1.54) is 9.47 Å². The summed E-state index contributed by atoms with van der Waals surface area (Å²) in [7, 11) is 0. The van der Waals surface area contributed by atoms with Crippen LogP contribution in [0.25, 0.3) is 0 Å². The van der Waals surface area contributed by atoms with Crippen LogP contribution < -0.4 is 5.73 Å². The van der Waals surface area contributed by atoms with Gasteiger partial charge in [0.25, 0.3) is 0 Å².